The van der Waals surface area contributed by atoms with E-state index in [0.717, 1.165) is 28.0 Å². The van der Waals surface area contributed by atoms with E-state index in [2.05, 4.69) is 46.7 Å². The molecule has 0 aliphatic rings. The van der Waals surface area contributed by atoms with Crippen LogP contribution in [0, 0.1) is 0 Å². The number of hydrogen-bond donors (Lipinski definition) is 2. The van der Waals surface area contributed by atoms with Crippen molar-refractivity contribution in [2.45, 2.75) is 19.4 Å². The first kappa shape index (κ1) is 13.0. The zero-order valence-electron chi connectivity index (χ0n) is 11.2. The lowest BCUT2D eigenvalue weighted by Crippen LogP contribution is -2.09. The summed E-state index contributed by atoms with van der Waals surface area (Å²) in [6, 6.07) is 14.5. The number of rotatable bonds is 4. The first-order chi connectivity index (χ1) is 9.76. The van der Waals surface area contributed by atoms with Gasteiger partial charge in [0.25, 0.3) is 0 Å². The largest absolute Gasteiger partial charge is 0.378 e. The molecule has 0 aliphatic heterocycles. The summed E-state index contributed by atoms with van der Waals surface area (Å²) in [4.78, 5) is 0. The first-order valence-corrected chi connectivity index (χ1v) is 7.09. The zero-order valence-corrected chi connectivity index (χ0v) is 12.0. The fraction of sp³-hybridized carbons (Fsp3) is 0.188. The molecule has 20 heavy (non-hydrogen) atoms. The van der Waals surface area contributed by atoms with Crippen molar-refractivity contribution in [1.29, 1.82) is 0 Å². The lowest BCUT2D eigenvalue weighted by molar-refractivity contribution is 0.750. The molecule has 2 N–H and O–H groups in total. The molecule has 102 valence electrons. The highest BCUT2D eigenvalue weighted by molar-refractivity contribution is 6.30. The molecule has 1 atom stereocenters. The van der Waals surface area contributed by atoms with Crippen LogP contribution in [0.1, 0.15) is 24.9 Å². The van der Waals surface area contributed by atoms with E-state index in [9.17, 15) is 0 Å². The van der Waals surface area contributed by atoms with Crippen molar-refractivity contribution < 1.29 is 0 Å². The molecule has 1 heterocycles. The van der Waals surface area contributed by atoms with Crippen LogP contribution in [0.2, 0.25) is 5.02 Å². The van der Waals surface area contributed by atoms with Crippen molar-refractivity contribution >= 4 is 28.2 Å². The van der Waals surface area contributed by atoms with Crippen molar-refractivity contribution in [3.05, 3.63) is 59.2 Å². The summed E-state index contributed by atoms with van der Waals surface area (Å²) in [5.41, 5.74) is 3.39. The third-order valence-corrected chi connectivity index (χ3v) is 3.71. The Morgan fingerprint density at radius 1 is 1.20 bits per heavy atom. The van der Waals surface area contributed by atoms with Crippen LogP contribution in [0.15, 0.2) is 48.7 Å². The van der Waals surface area contributed by atoms with Gasteiger partial charge in [0.15, 0.2) is 0 Å². The highest BCUT2D eigenvalue weighted by Gasteiger charge is 2.09. The minimum atomic E-state index is 0.275. The molecule has 3 rings (SSSR count). The Labute approximate surface area is 123 Å². The van der Waals surface area contributed by atoms with Gasteiger partial charge >= 0.3 is 0 Å². The van der Waals surface area contributed by atoms with Gasteiger partial charge in [-0.1, -0.05) is 30.7 Å². The van der Waals surface area contributed by atoms with E-state index < -0.39 is 0 Å². The maximum atomic E-state index is 5.94. The fourth-order valence-corrected chi connectivity index (χ4v) is 2.48. The quantitative estimate of drug-likeness (QED) is 0.724. The highest BCUT2D eigenvalue weighted by atomic mass is 35.5. The van der Waals surface area contributed by atoms with Crippen molar-refractivity contribution in [2.24, 2.45) is 0 Å². The average Bonchev–Trinajstić information content (AvgIpc) is 2.93. The molecule has 0 amide bonds. The van der Waals surface area contributed by atoms with Gasteiger partial charge in [-0.05, 0) is 42.3 Å². The smallest absolute Gasteiger partial charge is 0.0651 e. The van der Waals surface area contributed by atoms with E-state index in [1.807, 2.05) is 24.4 Å². The normalized spacial score (nSPS) is 12.5. The van der Waals surface area contributed by atoms with Crippen LogP contribution >= 0.6 is 11.6 Å². The number of anilines is 1. The Morgan fingerprint density at radius 3 is 2.75 bits per heavy atom. The number of aromatic amines is 1. The molecule has 0 spiro atoms. The summed E-state index contributed by atoms with van der Waals surface area (Å²) in [7, 11) is 0. The summed E-state index contributed by atoms with van der Waals surface area (Å²) in [5, 5.41) is 12.4. The van der Waals surface area contributed by atoms with Crippen LogP contribution in [0.25, 0.3) is 10.9 Å². The predicted octanol–water partition coefficient (Wildman–Crippen LogP) is 4.78. The van der Waals surface area contributed by atoms with Crippen LogP contribution in [0.4, 0.5) is 5.69 Å². The number of nitrogens with zero attached hydrogens (tertiary/aromatic N) is 1. The second-order valence-electron chi connectivity index (χ2n) is 4.83. The first-order valence-electron chi connectivity index (χ1n) is 6.71. The second-order valence-corrected chi connectivity index (χ2v) is 5.27. The summed E-state index contributed by atoms with van der Waals surface area (Å²) >= 11 is 5.94. The maximum Gasteiger partial charge on any atom is 0.0651 e. The Kier molecular flexibility index (Phi) is 3.61. The van der Waals surface area contributed by atoms with E-state index in [-0.39, 0.29) is 6.04 Å². The monoisotopic (exact) mass is 285 g/mol. The van der Waals surface area contributed by atoms with Crippen molar-refractivity contribution in [1.82, 2.24) is 10.2 Å². The van der Waals surface area contributed by atoms with Gasteiger partial charge in [-0.15, -0.1) is 0 Å². The van der Waals surface area contributed by atoms with Gasteiger partial charge in [-0.3, -0.25) is 5.10 Å². The molecular weight excluding hydrogens is 270 g/mol. The predicted molar refractivity (Wildman–Crippen MR) is 84.2 cm³/mol. The Morgan fingerprint density at radius 2 is 2.00 bits per heavy atom. The molecule has 1 unspecified atom stereocenters. The van der Waals surface area contributed by atoms with Gasteiger partial charge in [-0.2, -0.15) is 5.10 Å². The van der Waals surface area contributed by atoms with Crippen molar-refractivity contribution in [2.75, 3.05) is 5.32 Å². The van der Waals surface area contributed by atoms with E-state index in [0.29, 0.717) is 0 Å². The fourth-order valence-electron chi connectivity index (χ4n) is 2.35. The zero-order chi connectivity index (χ0) is 13.9. The topological polar surface area (TPSA) is 40.7 Å². The summed E-state index contributed by atoms with van der Waals surface area (Å²) in [6.07, 6.45) is 2.84. The molecule has 2 aromatic carbocycles. The summed E-state index contributed by atoms with van der Waals surface area (Å²) in [6.45, 7) is 2.17. The summed E-state index contributed by atoms with van der Waals surface area (Å²) in [5.74, 6) is 0. The van der Waals surface area contributed by atoms with Crippen LogP contribution in [-0.2, 0) is 0 Å². The van der Waals surface area contributed by atoms with Gasteiger partial charge in [-0.25, -0.2) is 0 Å². The molecule has 0 fully saturated rings. The second kappa shape index (κ2) is 5.55. The molecule has 3 aromatic rings. The Hall–Kier alpha value is -2.00. The molecule has 0 radical (unpaired) electrons. The van der Waals surface area contributed by atoms with Crippen LogP contribution in [-0.4, -0.2) is 10.2 Å². The van der Waals surface area contributed by atoms with Gasteiger partial charge in [0, 0.05) is 16.1 Å². The van der Waals surface area contributed by atoms with Crippen LogP contribution in [0.3, 0.4) is 0 Å². The standard InChI is InChI=1S/C16H16ClN3/c1-2-15(11-3-5-13(17)6-4-11)19-14-7-8-16-12(9-14)10-18-20-16/h3-10,15,19H,2H2,1H3,(H,18,20). The molecule has 0 aliphatic carbocycles. The SMILES string of the molecule is CCC(Nc1ccc2[nH]ncc2c1)c1ccc(Cl)cc1. The highest BCUT2D eigenvalue weighted by Crippen LogP contribution is 2.25. The number of H-pyrrole nitrogens is 1. The Bertz CT molecular complexity index is 703. The third-order valence-electron chi connectivity index (χ3n) is 3.46. The average molecular weight is 286 g/mol. The minimum Gasteiger partial charge on any atom is -0.378 e. The van der Waals surface area contributed by atoms with E-state index in [4.69, 9.17) is 11.6 Å². The number of aromatic nitrogens is 2. The molecule has 3 nitrogen and oxygen atoms in total. The third kappa shape index (κ3) is 2.63. The molecule has 4 heteroatoms. The van der Waals surface area contributed by atoms with Crippen molar-refractivity contribution in [3.8, 4) is 0 Å². The Balaban J connectivity index is 1.84. The van der Waals surface area contributed by atoms with E-state index in [1.54, 1.807) is 0 Å². The van der Waals surface area contributed by atoms with Crippen LogP contribution < -0.4 is 5.32 Å². The lowest BCUT2D eigenvalue weighted by atomic mass is 10.0. The van der Waals surface area contributed by atoms with Gasteiger partial charge in [0.1, 0.15) is 0 Å². The summed E-state index contributed by atoms with van der Waals surface area (Å²) < 4.78 is 0. The van der Waals surface area contributed by atoms with Gasteiger partial charge in [0.2, 0.25) is 0 Å². The van der Waals surface area contributed by atoms with Gasteiger partial charge in [0.05, 0.1) is 17.8 Å². The number of benzene rings is 2. The number of nitrogens with one attached hydrogen (secondary N) is 2. The maximum absolute atomic E-state index is 5.94. The molecule has 0 saturated carbocycles. The van der Waals surface area contributed by atoms with Crippen LogP contribution in [0.5, 0.6) is 0 Å². The lowest BCUT2D eigenvalue weighted by Gasteiger charge is -2.19. The van der Waals surface area contributed by atoms with Crippen molar-refractivity contribution in [3.63, 3.8) is 0 Å². The molecule has 0 bridgehead atoms. The number of fused-ring (bicyclic) bond motifs is 1. The minimum absolute atomic E-state index is 0.275. The number of halogens is 1. The molecular formula is C16H16ClN3. The van der Waals surface area contributed by atoms with E-state index in [1.165, 1.54) is 5.56 Å². The molecule has 0 saturated heterocycles. The van der Waals surface area contributed by atoms with E-state index >= 15 is 0 Å². The van der Waals surface area contributed by atoms with Gasteiger partial charge < -0.3 is 5.32 Å². The molecule has 1 aromatic heterocycles. The number of hydrogen-bond acceptors (Lipinski definition) is 2.